The lowest BCUT2D eigenvalue weighted by atomic mass is 9.95. The molecule has 0 saturated carbocycles. The predicted octanol–water partition coefficient (Wildman–Crippen LogP) is 1.12. The molecule has 0 aromatic rings. The summed E-state index contributed by atoms with van der Waals surface area (Å²) in [6.45, 7) is 6.86. The van der Waals surface area contributed by atoms with E-state index in [1.54, 1.807) is 0 Å². The Morgan fingerprint density at radius 3 is 2.42 bits per heavy atom. The number of rotatable bonds is 5. The highest BCUT2D eigenvalue weighted by Gasteiger charge is 2.32. The SMILES string of the molecule is C=COOC(=O)C(N)(CC)CC. The van der Waals surface area contributed by atoms with Crippen molar-refractivity contribution in [1.82, 2.24) is 0 Å². The lowest BCUT2D eigenvalue weighted by Crippen LogP contribution is -2.47. The molecule has 0 rings (SSSR count). The maximum Gasteiger partial charge on any atom is 0.374 e. The third-order valence-electron chi connectivity index (χ3n) is 1.86. The molecule has 4 heteroatoms. The molecule has 0 radical (unpaired) electrons. The Morgan fingerprint density at radius 2 is 2.08 bits per heavy atom. The highest BCUT2D eigenvalue weighted by molar-refractivity contribution is 5.79. The number of carbonyl (C=O) groups excluding carboxylic acids is 1. The molecular formula is C8H15NO3. The Kier molecular flexibility index (Phi) is 4.36. The molecule has 0 aliphatic heterocycles. The van der Waals surface area contributed by atoms with Crippen molar-refractivity contribution in [3.05, 3.63) is 12.8 Å². The van der Waals surface area contributed by atoms with E-state index in [9.17, 15) is 4.79 Å². The van der Waals surface area contributed by atoms with Crippen LogP contribution < -0.4 is 5.73 Å². The zero-order valence-electron chi connectivity index (χ0n) is 7.50. The number of hydrogen-bond acceptors (Lipinski definition) is 4. The van der Waals surface area contributed by atoms with Crippen LogP contribution in [0.2, 0.25) is 0 Å². The van der Waals surface area contributed by atoms with Crippen LogP contribution >= 0.6 is 0 Å². The van der Waals surface area contributed by atoms with Crippen LogP contribution in [0.3, 0.4) is 0 Å². The minimum Gasteiger partial charge on any atom is -0.316 e. The summed E-state index contributed by atoms with van der Waals surface area (Å²) in [6.07, 6.45) is 2.06. The second kappa shape index (κ2) is 4.77. The molecule has 0 aromatic heterocycles. The Balaban J connectivity index is 4.11. The number of nitrogens with two attached hydrogens (primary N) is 1. The lowest BCUT2D eigenvalue weighted by Gasteiger charge is -2.21. The molecule has 70 valence electrons. The van der Waals surface area contributed by atoms with Crippen molar-refractivity contribution >= 4 is 5.97 Å². The molecule has 0 bridgehead atoms. The molecule has 0 unspecified atom stereocenters. The lowest BCUT2D eigenvalue weighted by molar-refractivity contribution is -0.244. The van der Waals surface area contributed by atoms with Gasteiger partial charge in [0.05, 0.1) is 0 Å². The van der Waals surface area contributed by atoms with Crippen molar-refractivity contribution in [3.63, 3.8) is 0 Å². The van der Waals surface area contributed by atoms with Crippen LogP contribution in [-0.4, -0.2) is 11.5 Å². The zero-order valence-corrected chi connectivity index (χ0v) is 7.50. The minimum absolute atomic E-state index is 0.517. The summed E-state index contributed by atoms with van der Waals surface area (Å²) in [4.78, 5) is 19.8. The molecule has 0 fully saturated rings. The van der Waals surface area contributed by atoms with Gasteiger partial charge in [-0.2, -0.15) is 0 Å². The summed E-state index contributed by atoms with van der Waals surface area (Å²) >= 11 is 0. The van der Waals surface area contributed by atoms with Crippen LogP contribution in [0.4, 0.5) is 0 Å². The van der Waals surface area contributed by atoms with E-state index in [0.717, 1.165) is 6.26 Å². The van der Waals surface area contributed by atoms with E-state index in [4.69, 9.17) is 5.73 Å². The summed E-state index contributed by atoms with van der Waals surface area (Å²) in [5.74, 6) is -0.563. The molecule has 0 atom stereocenters. The first-order valence-corrected chi connectivity index (χ1v) is 3.88. The van der Waals surface area contributed by atoms with Gasteiger partial charge < -0.3 is 5.73 Å². The average molecular weight is 173 g/mol. The van der Waals surface area contributed by atoms with E-state index >= 15 is 0 Å². The maximum absolute atomic E-state index is 11.2. The molecule has 0 saturated heterocycles. The van der Waals surface area contributed by atoms with Gasteiger partial charge in [-0.1, -0.05) is 20.4 Å². The summed E-state index contributed by atoms with van der Waals surface area (Å²) in [6, 6.07) is 0. The Bertz CT molecular complexity index is 164. The standard InChI is InChI=1S/C8H15NO3/c1-4-8(9,5-2)7(10)12-11-6-3/h6H,3-5,9H2,1-2H3. The normalized spacial score (nSPS) is 10.6. The topological polar surface area (TPSA) is 61.5 Å². The predicted molar refractivity (Wildman–Crippen MR) is 44.9 cm³/mol. The van der Waals surface area contributed by atoms with E-state index in [2.05, 4.69) is 16.4 Å². The minimum atomic E-state index is -0.941. The van der Waals surface area contributed by atoms with Gasteiger partial charge in [0.15, 0.2) is 0 Å². The van der Waals surface area contributed by atoms with Crippen LogP contribution in [0.15, 0.2) is 12.8 Å². The van der Waals surface area contributed by atoms with Gasteiger partial charge in [-0.05, 0) is 12.8 Å². The second-order valence-corrected chi connectivity index (χ2v) is 2.50. The quantitative estimate of drug-likeness (QED) is 0.384. The molecule has 0 spiro atoms. The first-order valence-electron chi connectivity index (χ1n) is 3.88. The van der Waals surface area contributed by atoms with Crippen molar-refractivity contribution in [1.29, 1.82) is 0 Å². The third kappa shape index (κ3) is 2.54. The Hall–Kier alpha value is -1.03. The summed E-state index contributed by atoms with van der Waals surface area (Å²) < 4.78 is 0. The average Bonchev–Trinajstić information content (AvgIpc) is 2.12. The second-order valence-electron chi connectivity index (χ2n) is 2.50. The van der Waals surface area contributed by atoms with Crippen molar-refractivity contribution < 1.29 is 14.6 Å². The van der Waals surface area contributed by atoms with Crippen molar-refractivity contribution in [2.45, 2.75) is 32.2 Å². The van der Waals surface area contributed by atoms with Crippen molar-refractivity contribution in [2.24, 2.45) is 5.73 Å². The van der Waals surface area contributed by atoms with Crippen LogP contribution in [0.1, 0.15) is 26.7 Å². The summed E-state index contributed by atoms with van der Waals surface area (Å²) in [5.41, 5.74) is 4.75. The number of hydrogen-bond donors (Lipinski definition) is 1. The largest absolute Gasteiger partial charge is 0.374 e. The first kappa shape index (κ1) is 11.0. The fourth-order valence-electron chi connectivity index (χ4n) is 0.699. The molecule has 0 heterocycles. The summed E-state index contributed by atoms with van der Waals surface area (Å²) in [5, 5.41) is 0. The van der Waals surface area contributed by atoms with Gasteiger partial charge in [0.1, 0.15) is 11.8 Å². The van der Waals surface area contributed by atoms with Gasteiger partial charge in [0.2, 0.25) is 0 Å². The van der Waals surface area contributed by atoms with Crippen molar-refractivity contribution in [2.75, 3.05) is 0 Å². The molecule has 0 aliphatic carbocycles. The monoisotopic (exact) mass is 173 g/mol. The van der Waals surface area contributed by atoms with Gasteiger partial charge in [-0.3, -0.25) is 4.89 Å². The van der Waals surface area contributed by atoms with Gasteiger partial charge in [0.25, 0.3) is 0 Å². The van der Waals surface area contributed by atoms with Gasteiger partial charge in [-0.25, -0.2) is 9.68 Å². The molecule has 0 aliphatic rings. The third-order valence-corrected chi connectivity index (χ3v) is 1.86. The maximum atomic E-state index is 11.2. The van der Waals surface area contributed by atoms with Crippen molar-refractivity contribution in [3.8, 4) is 0 Å². The zero-order chi connectivity index (χ0) is 9.61. The molecule has 12 heavy (non-hydrogen) atoms. The number of carbonyl (C=O) groups is 1. The fourth-order valence-corrected chi connectivity index (χ4v) is 0.699. The van der Waals surface area contributed by atoms with E-state index < -0.39 is 11.5 Å². The van der Waals surface area contributed by atoms with Gasteiger partial charge in [-0.15, -0.1) is 0 Å². The molecule has 0 amide bonds. The highest BCUT2D eigenvalue weighted by atomic mass is 17.2. The van der Waals surface area contributed by atoms with Crippen LogP contribution in [0.25, 0.3) is 0 Å². The molecule has 2 N–H and O–H groups in total. The van der Waals surface area contributed by atoms with Crippen LogP contribution in [0, 0.1) is 0 Å². The Morgan fingerprint density at radius 1 is 1.58 bits per heavy atom. The van der Waals surface area contributed by atoms with Crippen LogP contribution in [-0.2, 0) is 14.6 Å². The van der Waals surface area contributed by atoms with E-state index in [0.29, 0.717) is 12.8 Å². The summed E-state index contributed by atoms with van der Waals surface area (Å²) in [7, 11) is 0. The van der Waals surface area contributed by atoms with E-state index in [1.807, 2.05) is 13.8 Å². The highest BCUT2D eigenvalue weighted by Crippen LogP contribution is 2.13. The van der Waals surface area contributed by atoms with Gasteiger partial charge in [0, 0.05) is 0 Å². The molecule has 0 aromatic carbocycles. The van der Waals surface area contributed by atoms with Gasteiger partial charge >= 0.3 is 5.97 Å². The van der Waals surface area contributed by atoms with Crippen LogP contribution in [0.5, 0.6) is 0 Å². The van der Waals surface area contributed by atoms with E-state index in [-0.39, 0.29) is 0 Å². The van der Waals surface area contributed by atoms with E-state index in [1.165, 1.54) is 0 Å². The molecular weight excluding hydrogens is 158 g/mol. The molecule has 4 nitrogen and oxygen atoms in total. The fraction of sp³-hybridized carbons (Fsp3) is 0.625. The Labute approximate surface area is 72.3 Å². The smallest absolute Gasteiger partial charge is 0.316 e. The first-order chi connectivity index (χ1) is 5.60.